The molecule has 1 saturated heterocycles. The Morgan fingerprint density at radius 1 is 1.39 bits per heavy atom. The summed E-state index contributed by atoms with van der Waals surface area (Å²) < 4.78 is 28.3. The van der Waals surface area contributed by atoms with E-state index in [1.807, 2.05) is 6.92 Å². The zero-order valence-corrected chi connectivity index (χ0v) is 11.7. The SMILES string of the molecule is CC1CCCCCN1S(=O)(=O)c1c(N)ncn1C. The summed E-state index contributed by atoms with van der Waals surface area (Å²) in [4.78, 5) is 3.86. The molecule has 0 radical (unpaired) electrons. The zero-order chi connectivity index (χ0) is 13.3. The first-order chi connectivity index (χ1) is 8.44. The molecule has 1 unspecified atom stereocenters. The van der Waals surface area contributed by atoms with Gasteiger partial charge in [-0.05, 0) is 19.8 Å². The lowest BCUT2D eigenvalue weighted by Crippen LogP contribution is -2.39. The maximum atomic E-state index is 12.6. The Balaban J connectivity index is 2.41. The highest BCUT2D eigenvalue weighted by atomic mass is 32.2. The molecule has 1 atom stereocenters. The molecule has 18 heavy (non-hydrogen) atoms. The van der Waals surface area contributed by atoms with E-state index in [2.05, 4.69) is 4.98 Å². The highest BCUT2D eigenvalue weighted by molar-refractivity contribution is 7.89. The van der Waals surface area contributed by atoms with Crippen LogP contribution in [0.15, 0.2) is 11.4 Å². The molecule has 0 saturated carbocycles. The van der Waals surface area contributed by atoms with E-state index in [4.69, 9.17) is 5.73 Å². The minimum absolute atomic E-state index is 0.0202. The number of nitrogen functional groups attached to an aromatic ring is 1. The molecular formula is C11H20N4O2S. The molecule has 1 fully saturated rings. The van der Waals surface area contributed by atoms with Gasteiger partial charge in [0.15, 0.2) is 10.8 Å². The van der Waals surface area contributed by atoms with Gasteiger partial charge < -0.3 is 10.3 Å². The molecule has 0 aliphatic carbocycles. The van der Waals surface area contributed by atoms with Crippen LogP contribution in [0.1, 0.15) is 32.6 Å². The number of aryl methyl sites for hydroxylation is 1. The van der Waals surface area contributed by atoms with Gasteiger partial charge in [-0.15, -0.1) is 0 Å². The molecule has 2 rings (SSSR count). The van der Waals surface area contributed by atoms with Crippen LogP contribution in [-0.4, -0.2) is 34.9 Å². The Morgan fingerprint density at radius 2 is 2.11 bits per heavy atom. The van der Waals surface area contributed by atoms with E-state index in [1.165, 1.54) is 10.9 Å². The lowest BCUT2D eigenvalue weighted by molar-refractivity contribution is 0.340. The van der Waals surface area contributed by atoms with E-state index in [0.717, 1.165) is 25.7 Å². The zero-order valence-electron chi connectivity index (χ0n) is 10.8. The Bertz CT molecular complexity index is 504. The minimum Gasteiger partial charge on any atom is -0.381 e. The van der Waals surface area contributed by atoms with Crippen molar-refractivity contribution in [2.45, 2.75) is 43.7 Å². The summed E-state index contributed by atoms with van der Waals surface area (Å²) in [7, 11) is -1.89. The summed E-state index contributed by atoms with van der Waals surface area (Å²) >= 11 is 0. The first-order valence-electron chi connectivity index (χ1n) is 6.23. The van der Waals surface area contributed by atoms with Gasteiger partial charge in [0, 0.05) is 19.6 Å². The van der Waals surface area contributed by atoms with Crippen LogP contribution in [0.2, 0.25) is 0 Å². The normalized spacial score (nSPS) is 22.9. The third kappa shape index (κ3) is 2.24. The van der Waals surface area contributed by atoms with Crippen molar-refractivity contribution in [1.29, 1.82) is 0 Å². The molecule has 2 heterocycles. The Labute approximate surface area is 108 Å². The predicted molar refractivity (Wildman–Crippen MR) is 69.4 cm³/mol. The van der Waals surface area contributed by atoms with Gasteiger partial charge >= 0.3 is 0 Å². The lowest BCUT2D eigenvalue weighted by atomic mass is 10.1. The van der Waals surface area contributed by atoms with Gasteiger partial charge in [0.25, 0.3) is 10.0 Å². The van der Waals surface area contributed by atoms with Gasteiger partial charge in [-0.1, -0.05) is 12.8 Å². The highest BCUT2D eigenvalue weighted by Crippen LogP contribution is 2.26. The minimum atomic E-state index is -3.54. The van der Waals surface area contributed by atoms with E-state index in [-0.39, 0.29) is 16.9 Å². The molecule has 1 aromatic rings. The van der Waals surface area contributed by atoms with Crippen LogP contribution in [-0.2, 0) is 17.1 Å². The second kappa shape index (κ2) is 4.89. The predicted octanol–water partition coefficient (Wildman–Crippen LogP) is 0.955. The number of hydrogen-bond donors (Lipinski definition) is 1. The Hall–Kier alpha value is -1.08. The molecule has 7 heteroatoms. The summed E-state index contributed by atoms with van der Waals surface area (Å²) in [6.45, 7) is 2.52. The number of aromatic nitrogens is 2. The van der Waals surface area contributed by atoms with E-state index < -0.39 is 10.0 Å². The third-order valence-corrected chi connectivity index (χ3v) is 5.60. The maximum absolute atomic E-state index is 12.6. The smallest absolute Gasteiger partial charge is 0.262 e. The quantitative estimate of drug-likeness (QED) is 0.869. The number of sulfonamides is 1. The average molecular weight is 272 g/mol. The fourth-order valence-electron chi connectivity index (χ4n) is 2.47. The molecule has 1 aromatic heterocycles. The monoisotopic (exact) mass is 272 g/mol. The standard InChI is InChI=1S/C11H20N4O2S/c1-9-6-4-3-5-7-15(9)18(16,17)11-10(12)13-8-14(11)2/h8-9H,3-7,12H2,1-2H3. The van der Waals surface area contributed by atoms with Crippen molar-refractivity contribution in [3.63, 3.8) is 0 Å². The van der Waals surface area contributed by atoms with Gasteiger partial charge in [-0.3, -0.25) is 0 Å². The maximum Gasteiger partial charge on any atom is 0.262 e. The topological polar surface area (TPSA) is 81.2 Å². The van der Waals surface area contributed by atoms with Crippen LogP contribution >= 0.6 is 0 Å². The van der Waals surface area contributed by atoms with Gasteiger partial charge in [0.2, 0.25) is 0 Å². The Morgan fingerprint density at radius 3 is 2.72 bits per heavy atom. The first-order valence-corrected chi connectivity index (χ1v) is 7.67. The van der Waals surface area contributed by atoms with Crippen LogP contribution in [0.4, 0.5) is 5.82 Å². The van der Waals surface area contributed by atoms with Gasteiger partial charge in [0.05, 0.1) is 6.33 Å². The number of hydrogen-bond acceptors (Lipinski definition) is 4. The number of anilines is 1. The average Bonchev–Trinajstić information content (AvgIpc) is 2.50. The van der Waals surface area contributed by atoms with Gasteiger partial charge in [0.1, 0.15) is 0 Å². The second-order valence-electron chi connectivity index (χ2n) is 4.86. The van der Waals surface area contributed by atoms with Crippen molar-refractivity contribution in [3.05, 3.63) is 6.33 Å². The fraction of sp³-hybridized carbons (Fsp3) is 0.727. The molecule has 102 valence electrons. The van der Waals surface area contributed by atoms with E-state index in [1.54, 1.807) is 11.4 Å². The van der Waals surface area contributed by atoms with E-state index in [9.17, 15) is 8.42 Å². The van der Waals surface area contributed by atoms with Crippen LogP contribution in [0.5, 0.6) is 0 Å². The molecule has 0 spiro atoms. The van der Waals surface area contributed by atoms with E-state index in [0.29, 0.717) is 6.54 Å². The van der Waals surface area contributed by atoms with Crippen molar-refractivity contribution in [3.8, 4) is 0 Å². The first kappa shape index (κ1) is 13.4. The van der Waals surface area contributed by atoms with Crippen LogP contribution in [0.25, 0.3) is 0 Å². The lowest BCUT2D eigenvalue weighted by Gasteiger charge is -2.26. The molecular weight excluding hydrogens is 252 g/mol. The molecule has 0 amide bonds. The van der Waals surface area contributed by atoms with Gasteiger partial charge in [-0.25, -0.2) is 13.4 Å². The van der Waals surface area contributed by atoms with Gasteiger partial charge in [-0.2, -0.15) is 4.31 Å². The summed E-state index contributed by atoms with van der Waals surface area (Å²) in [6, 6.07) is 0.0202. The summed E-state index contributed by atoms with van der Waals surface area (Å²) in [5.74, 6) is 0.0777. The van der Waals surface area contributed by atoms with Crippen molar-refractivity contribution in [1.82, 2.24) is 13.9 Å². The van der Waals surface area contributed by atoms with E-state index >= 15 is 0 Å². The van der Waals surface area contributed by atoms with Crippen molar-refractivity contribution in [2.24, 2.45) is 7.05 Å². The van der Waals surface area contributed by atoms with Crippen molar-refractivity contribution in [2.75, 3.05) is 12.3 Å². The summed E-state index contributed by atoms with van der Waals surface area (Å²) in [6.07, 6.45) is 5.40. The third-order valence-electron chi connectivity index (χ3n) is 3.45. The number of nitrogens with zero attached hydrogens (tertiary/aromatic N) is 3. The number of nitrogens with two attached hydrogens (primary N) is 1. The summed E-state index contributed by atoms with van der Waals surface area (Å²) in [5, 5.41) is 0.108. The number of rotatable bonds is 2. The summed E-state index contributed by atoms with van der Waals surface area (Å²) in [5.41, 5.74) is 5.68. The molecule has 0 bridgehead atoms. The highest BCUT2D eigenvalue weighted by Gasteiger charge is 2.33. The molecule has 0 aromatic carbocycles. The van der Waals surface area contributed by atoms with Crippen LogP contribution in [0.3, 0.4) is 0 Å². The van der Waals surface area contributed by atoms with Crippen molar-refractivity contribution >= 4 is 15.8 Å². The number of imidazole rings is 1. The largest absolute Gasteiger partial charge is 0.381 e. The Kier molecular flexibility index (Phi) is 3.63. The molecule has 2 N–H and O–H groups in total. The molecule has 6 nitrogen and oxygen atoms in total. The fourth-order valence-corrected chi connectivity index (χ4v) is 4.37. The molecule has 1 aliphatic heterocycles. The second-order valence-corrected chi connectivity index (χ2v) is 6.67. The van der Waals surface area contributed by atoms with Crippen molar-refractivity contribution < 1.29 is 8.42 Å². The van der Waals surface area contributed by atoms with Crippen LogP contribution < -0.4 is 5.73 Å². The van der Waals surface area contributed by atoms with Crippen LogP contribution in [0, 0.1) is 0 Å². The molecule has 1 aliphatic rings.